The van der Waals surface area contributed by atoms with Crippen molar-refractivity contribution in [2.45, 2.75) is 25.5 Å². The quantitative estimate of drug-likeness (QED) is 0.558. The number of benzene rings is 1. The minimum absolute atomic E-state index is 0.00574. The molecule has 1 fully saturated rings. The van der Waals surface area contributed by atoms with Crippen molar-refractivity contribution in [1.82, 2.24) is 4.90 Å². The summed E-state index contributed by atoms with van der Waals surface area (Å²) >= 11 is 7.41. The van der Waals surface area contributed by atoms with Gasteiger partial charge in [-0.15, -0.1) is 11.3 Å². The van der Waals surface area contributed by atoms with Crippen molar-refractivity contribution in [3.8, 4) is 0 Å². The summed E-state index contributed by atoms with van der Waals surface area (Å²) in [6, 6.07) is 8.05. The number of nitro groups is 1. The molecule has 0 unspecified atom stereocenters. The van der Waals surface area contributed by atoms with E-state index in [1.165, 1.54) is 18.2 Å². The summed E-state index contributed by atoms with van der Waals surface area (Å²) in [5.41, 5.74) is -0.00800. The molecule has 0 bridgehead atoms. The highest BCUT2D eigenvalue weighted by Gasteiger charge is 2.25. The third-order valence-electron chi connectivity index (χ3n) is 4.05. The highest BCUT2D eigenvalue weighted by Crippen LogP contribution is 2.26. The Morgan fingerprint density at radius 1 is 1.44 bits per heavy atom. The number of nitrogens with zero attached hydrogens (tertiary/aromatic N) is 2. The Hall–Kier alpha value is -1.96. The lowest BCUT2D eigenvalue weighted by Crippen LogP contribution is -2.36. The molecule has 1 saturated heterocycles. The van der Waals surface area contributed by atoms with Gasteiger partial charge in [0.25, 0.3) is 11.6 Å². The van der Waals surface area contributed by atoms with Crippen molar-refractivity contribution in [2.24, 2.45) is 0 Å². The highest BCUT2D eigenvalue weighted by atomic mass is 35.5. The molecule has 1 aromatic heterocycles. The average Bonchev–Trinajstić information content (AvgIpc) is 3.27. The SMILES string of the molecule is O=C(c1ccc(Cl)c([N+](=O)[O-])c1)N(Cc1cccs1)C[C@H]1CCCO1. The van der Waals surface area contributed by atoms with E-state index in [0.717, 1.165) is 17.7 Å². The average molecular weight is 381 g/mol. The van der Waals surface area contributed by atoms with E-state index in [9.17, 15) is 14.9 Å². The van der Waals surface area contributed by atoms with Gasteiger partial charge in [0.2, 0.25) is 0 Å². The molecule has 1 aliphatic rings. The second-order valence-electron chi connectivity index (χ2n) is 5.82. The standard InChI is InChI=1S/C17H17ClN2O4S/c18-15-6-5-12(9-16(15)20(22)23)17(21)19(10-13-3-1-7-24-13)11-14-4-2-8-25-14/h2,4-6,8-9,13H,1,3,7,10-11H2/t13-/m1/s1. The monoisotopic (exact) mass is 380 g/mol. The fourth-order valence-corrected chi connectivity index (χ4v) is 3.72. The molecule has 0 aliphatic carbocycles. The van der Waals surface area contributed by atoms with Crippen molar-refractivity contribution < 1.29 is 14.5 Å². The van der Waals surface area contributed by atoms with E-state index in [2.05, 4.69) is 0 Å². The maximum Gasteiger partial charge on any atom is 0.288 e. The predicted molar refractivity (Wildman–Crippen MR) is 96.1 cm³/mol. The Bertz CT molecular complexity index is 760. The van der Waals surface area contributed by atoms with Gasteiger partial charge < -0.3 is 9.64 Å². The van der Waals surface area contributed by atoms with Crippen molar-refractivity contribution >= 4 is 34.5 Å². The lowest BCUT2D eigenvalue weighted by atomic mass is 10.1. The number of carbonyl (C=O) groups is 1. The first-order valence-electron chi connectivity index (χ1n) is 7.92. The molecule has 132 valence electrons. The van der Waals surface area contributed by atoms with Crippen LogP contribution in [0.5, 0.6) is 0 Å². The molecule has 0 saturated carbocycles. The van der Waals surface area contributed by atoms with Gasteiger partial charge in [-0.3, -0.25) is 14.9 Å². The topological polar surface area (TPSA) is 72.7 Å². The Balaban J connectivity index is 1.84. The van der Waals surface area contributed by atoms with Crippen LogP contribution in [-0.2, 0) is 11.3 Å². The van der Waals surface area contributed by atoms with Gasteiger partial charge in [0.05, 0.1) is 17.6 Å². The maximum atomic E-state index is 13.0. The third kappa shape index (κ3) is 4.36. The van der Waals surface area contributed by atoms with Gasteiger partial charge in [-0.2, -0.15) is 0 Å². The lowest BCUT2D eigenvalue weighted by molar-refractivity contribution is -0.384. The molecule has 1 aromatic carbocycles. The van der Waals surface area contributed by atoms with Gasteiger partial charge in [-0.1, -0.05) is 17.7 Å². The summed E-state index contributed by atoms with van der Waals surface area (Å²) in [5.74, 6) is -0.260. The Morgan fingerprint density at radius 2 is 2.28 bits per heavy atom. The molecule has 2 aromatic rings. The maximum absolute atomic E-state index is 13.0. The van der Waals surface area contributed by atoms with Gasteiger partial charge in [-0.25, -0.2) is 0 Å². The number of thiophene rings is 1. The first-order chi connectivity index (χ1) is 12.0. The molecule has 8 heteroatoms. The number of ether oxygens (including phenoxy) is 1. The van der Waals surface area contributed by atoms with E-state index in [-0.39, 0.29) is 28.3 Å². The Kier molecular flexibility index (Phi) is 5.67. The first-order valence-corrected chi connectivity index (χ1v) is 9.17. The minimum Gasteiger partial charge on any atom is -0.376 e. The largest absolute Gasteiger partial charge is 0.376 e. The number of halogens is 1. The predicted octanol–water partition coefficient (Wildman–Crippen LogP) is 4.13. The number of amides is 1. The summed E-state index contributed by atoms with van der Waals surface area (Å²) in [5, 5.41) is 13.1. The zero-order valence-electron chi connectivity index (χ0n) is 13.4. The molecule has 3 rings (SSSR count). The number of nitro benzene ring substituents is 1. The number of carbonyl (C=O) groups excluding carboxylic acids is 1. The Morgan fingerprint density at radius 3 is 2.92 bits per heavy atom. The van der Waals surface area contributed by atoms with Crippen molar-refractivity contribution in [2.75, 3.05) is 13.2 Å². The van der Waals surface area contributed by atoms with Crippen molar-refractivity contribution in [3.05, 3.63) is 61.3 Å². The summed E-state index contributed by atoms with van der Waals surface area (Å²) < 4.78 is 5.65. The summed E-state index contributed by atoms with van der Waals surface area (Å²) in [7, 11) is 0. The van der Waals surface area contributed by atoms with Crippen molar-refractivity contribution in [3.63, 3.8) is 0 Å². The minimum atomic E-state index is -0.581. The van der Waals surface area contributed by atoms with Gasteiger partial charge in [0, 0.05) is 29.7 Å². The van der Waals surface area contributed by atoms with E-state index < -0.39 is 4.92 Å². The van der Waals surface area contributed by atoms with E-state index >= 15 is 0 Å². The second-order valence-corrected chi connectivity index (χ2v) is 7.26. The van der Waals surface area contributed by atoms with E-state index in [4.69, 9.17) is 16.3 Å². The van der Waals surface area contributed by atoms with Crippen LogP contribution in [0, 0.1) is 10.1 Å². The molecule has 6 nitrogen and oxygen atoms in total. The molecule has 0 radical (unpaired) electrons. The van der Waals surface area contributed by atoms with Crippen LogP contribution in [0.3, 0.4) is 0 Å². The van der Waals surface area contributed by atoms with E-state index in [1.807, 2.05) is 17.5 Å². The lowest BCUT2D eigenvalue weighted by Gasteiger charge is -2.25. The molecule has 0 N–H and O–H groups in total. The van der Waals surface area contributed by atoms with Crippen LogP contribution in [0.2, 0.25) is 5.02 Å². The van der Waals surface area contributed by atoms with Crippen molar-refractivity contribution in [1.29, 1.82) is 0 Å². The first kappa shape index (κ1) is 17.8. The summed E-state index contributed by atoms with van der Waals surface area (Å²) in [6.45, 7) is 1.62. The van der Waals surface area contributed by atoms with E-state index in [1.54, 1.807) is 16.2 Å². The molecular formula is C17H17ClN2O4S. The van der Waals surface area contributed by atoms with Crippen LogP contribution in [0.4, 0.5) is 5.69 Å². The van der Waals surface area contributed by atoms with E-state index in [0.29, 0.717) is 19.7 Å². The number of hydrogen-bond acceptors (Lipinski definition) is 5. The molecule has 1 aliphatic heterocycles. The normalized spacial score (nSPS) is 16.8. The molecule has 2 heterocycles. The molecule has 0 spiro atoms. The smallest absolute Gasteiger partial charge is 0.288 e. The summed E-state index contributed by atoms with van der Waals surface area (Å²) in [6.07, 6.45) is 1.90. The van der Waals surface area contributed by atoms with Crippen LogP contribution in [0.1, 0.15) is 28.1 Å². The molecule has 1 amide bonds. The molecule has 1 atom stereocenters. The number of hydrogen-bond donors (Lipinski definition) is 0. The fraction of sp³-hybridized carbons (Fsp3) is 0.353. The summed E-state index contributed by atoms with van der Waals surface area (Å²) in [4.78, 5) is 26.2. The second kappa shape index (κ2) is 7.95. The zero-order valence-corrected chi connectivity index (χ0v) is 15.0. The van der Waals surface area contributed by atoms with Crippen LogP contribution in [0.15, 0.2) is 35.7 Å². The highest BCUT2D eigenvalue weighted by molar-refractivity contribution is 7.09. The zero-order chi connectivity index (χ0) is 17.8. The molecule has 25 heavy (non-hydrogen) atoms. The van der Waals surface area contributed by atoms with Crippen LogP contribution < -0.4 is 0 Å². The van der Waals surface area contributed by atoms with Gasteiger partial charge >= 0.3 is 0 Å². The van der Waals surface area contributed by atoms with Crippen LogP contribution in [0.25, 0.3) is 0 Å². The Labute approximate surface area is 154 Å². The van der Waals surface area contributed by atoms with Gasteiger partial charge in [-0.05, 0) is 36.4 Å². The van der Waals surface area contributed by atoms with Gasteiger partial charge in [0.1, 0.15) is 5.02 Å². The van der Waals surface area contributed by atoms with Gasteiger partial charge in [0.15, 0.2) is 0 Å². The third-order valence-corrected chi connectivity index (χ3v) is 5.23. The number of rotatable bonds is 6. The fourth-order valence-electron chi connectivity index (χ4n) is 2.81. The van der Waals surface area contributed by atoms with Crippen LogP contribution in [-0.4, -0.2) is 35.0 Å². The van der Waals surface area contributed by atoms with Crippen LogP contribution >= 0.6 is 22.9 Å². The molecular weight excluding hydrogens is 364 g/mol.